The molecule has 0 aliphatic carbocycles. The summed E-state index contributed by atoms with van der Waals surface area (Å²) in [6.45, 7) is 13.3. The molecule has 0 spiro atoms. The predicted octanol–water partition coefficient (Wildman–Crippen LogP) is 4.04. The van der Waals surface area contributed by atoms with Gasteiger partial charge in [-0.05, 0) is 127 Å². The van der Waals surface area contributed by atoms with Gasteiger partial charge < -0.3 is 45.7 Å². The number of nitrogens with one attached hydrogen (secondary N) is 3. The van der Waals surface area contributed by atoms with E-state index >= 15 is 0 Å². The molecule has 0 saturated heterocycles. The predicted molar refractivity (Wildman–Crippen MR) is 317 cm³/mol. The molecular weight excluding hydrogens is 1240 g/mol. The topological polar surface area (TPSA) is 354 Å². The summed E-state index contributed by atoms with van der Waals surface area (Å²) in [5, 5.41) is 16.8. The number of hydrogen-bond donors (Lipinski definition) is 5. The highest BCUT2D eigenvalue weighted by atomic mass is 79.9. The smallest absolute Gasteiger partial charge is 0.328 e. The average molecular weight is 1310 g/mol. The van der Waals surface area contributed by atoms with Gasteiger partial charge in [0.05, 0.1) is 78.8 Å². The maximum Gasteiger partial charge on any atom is 0.328 e. The van der Waals surface area contributed by atoms with Crippen LogP contribution >= 0.6 is 31.9 Å². The summed E-state index contributed by atoms with van der Waals surface area (Å²) >= 11 is 6.66. The molecule has 4 aromatic heterocycles. The van der Waals surface area contributed by atoms with Crippen LogP contribution in [0.4, 0.5) is 23.3 Å². The Labute approximate surface area is 507 Å². The number of carboxylic acids is 1. The molecule has 3 aliphatic heterocycles. The number of anilines is 4. The lowest BCUT2D eigenvalue weighted by Crippen LogP contribution is -2.35. The first-order valence-electron chi connectivity index (χ1n) is 26.5. The van der Waals surface area contributed by atoms with Crippen LogP contribution in [-0.2, 0) is 93.1 Å². The number of Topliss-reactive ketones (excluding diaryl/α,β-unsaturated/α-hetero) is 1. The van der Waals surface area contributed by atoms with Gasteiger partial charge in [0, 0.05) is 88.2 Å². The Balaban J connectivity index is 0.000000244. The third-order valence-electron chi connectivity index (χ3n) is 11.3. The highest BCUT2D eigenvalue weighted by molar-refractivity contribution is 9.10. The van der Waals surface area contributed by atoms with E-state index in [1.54, 1.807) is 78.0 Å². The van der Waals surface area contributed by atoms with E-state index < -0.39 is 11.9 Å². The van der Waals surface area contributed by atoms with Gasteiger partial charge in [-0.15, -0.1) is 0 Å². The van der Waals surface area contributed by atoms with Gasteiger partial charge in [0.1, 0.15) is 29.1 Å². The zero-order chi connectivity index (χ0) is 62.6. The fourth-order valence-corrected chi connectivity index (χ4v) is 8.81. The number of aromatic nitrogens is 4. The van der Waals surface area contributed by atoms with Crippen molar-refractivity contribution in [2.45, 2.75) is 67.7 Å². The molecule has 0 saturated carbocycles. The molecular formula is C56H68Br2N12O15. The minimum Gasteiger partial charge on any atom is -0.478 e. The Morgan fingerprint density at radius 3 is 1.36 bits per heavy atom. The average Bonchev–Trinajstić information content (AvgIpc) is 3.72. The minimum atomic E-state index is -1.06. The Morgan fingerprint density at radius 1 is 0.565 bits per heavy atom. The monoisotopic (exact) mass is 1310 g/mol. The lowest BCUT2D eigenvalue weighted by molar-refractivity contribution is -0.145. The molecule has 456 valence electrons. The number of esters is 4. The van der Waals surface area contributed by atoms with E-state index in [0.717, 1.165) is 37.3 Å². The van der Waals surface area contributed by atoms with Crippen molar-refractivity contribution in [2.75, 3.05) is 100 Å². The van der Waals surface area contributed by atoms with Crippen molar-refractivity contribution < 1.29 is 72.0 Å². The molecule has 0 radical (unpaired) electrons. The zero-order valence-corrected chi connectivity index (χ0v) is 51.0. The second kappa shape index (κ2) is 35.8. The molecule has 6 N–H and O–H groups in total. The van der Waals surface area contributed by atoms with Crippen LogP contribution in [0.15, 0.2) is 70.2 Å². The molecule has 27 nitrogen and oxygen atoms in total. The largest absolute Gasteiger partial charge is 0.478 e. The second-order valence-corrected chi connectivity index (χ2v) is 20.5. The standard InChI is InChI=1S/C16H19N3O4.C15H17N3O5.C13H18BrN3O3.C12H14BrN3O3/c1-3-23-15(22)10-19-8-13-6-12(5-4-11(2)20)7-17-16(13)18-14(21)9-19;1-2-23-14(22)9-18-7-11-5-10(3-4-13(20)21)6-16-15(11)17-12(19)8-18;1-3-20-12(19)8-17(6-9(2)18)7-10-4-11(14)5-16-13(10)15;1-2-19-11(18)7-16-5-8-3-9(13)4-14-12(8)15-10(17)6-16/h4-7H,3,8-10H2,1-2H3,(H,17,18,21);3-6H,2,7-9H2,1H3,(H,20,21)(H,16,17,19);4-5H,3,6-8H2,1-2H3,(H2,15,16);3-4H,2,5-7H2,1H3,(H,14,15,17)/b5-4+;4-3+;;. The number of aliphatic carboxylic acids is 1. The van der Waals surface area contributed by atoms with E-state index in [1.165, 1.54) is 32.2 Å². The summed E-state index contributed by atoms with van der Waals surface area (Å²) in [4.78, 5) is 138. The van der Waals surface area contributed by atoms with Crippen molar-refractivity contribution in [3.63, 3.8) is 0 Å². The van der Waals surface area contributed by atoms with Gasteiger partial charge in [-0.3, -0.25) is 62.8 Å². The van der Waals surface area contributed by atoms with Crippen LogP contribution in [0.5, 0.6) is 0 Å². The van der Waals surface area contributed by atoms with E-state index in [1.807, 2.05) is 18.2 Å². The molecule has 0 unspecified atom stereocenters. The molecule has 3 aliphatic rings. The first-order chi connectivity index (χ1) is 40.4. The van der Waals surface area contributed by atoms with Crippen LogP contribution in [0, 0.1) is 0 Å². The lowest BCUT2D eigenvalue weighted by Gasteiger charge is -2.20. The van der Waals surface area contributed by atoms with Crippen LogP contribution in [0.3, 0.4) is 0 Å². The number of carboxylic acid groups (broad SMARTS) is 1. The Morgan fingerprint density at radius 2 is 0.953 bits per heavy atom. The Bertz CT molecular complexity index is 3010. The van der Waals surface area contributed by atoms with Gasteiger partial charge in [0.15, 0.2) is 5.78 Å². The van der Waals surface area contributed by atoms with Gasteiger partial charge in [-0.1, -0.05) is 0 Å². The van der Waals surface area contributed by atoms with E-state index in [4.69, 9.17) is 29.8 Å². The fourth-order valence-electron chi connectivity index (χ4n) is 8.05. The van der Waals surface area contributed by atoms with Crippen molar-refractivity contribution in [1.29, 1.82) is 0 Å². The molecule has 7 heterocycles. The number of amides is 3. The summed E-state index contributed by atoms with van der Waals surface area (Å²) in [5.74, 6) is -1.50. The molecule has 29 heteroatoms. The van der Waals surface area contributed by atoms with Crippen LogP contribution < -0.4 is 21.7 Å². The second-order valence-electron chi connectivity index (χ2n) is 18.7. The number of nitrogens with zero attached hydrogens (tertiary/aromatic N) is 8. The third-order valence-corrected chi connectivity index (χ3v) is 12.2. The number of rotatable bonds is 20. The van der Waals surface area contributed by atoms with E-state index in [2.05, 4.69) is 67.7 Å². The molecule has 3 amide bonds. The maximum absolute atomic E-state index is 11.9. The number of nitrogens with two attached hydrogens (primary N) is 1. The maximum atomic E-state index is 11.9. The number of nitrogen functional groups attached to an aromatic ring is 1. The quantitative estimate of drug-likeness (QED) is 0.0473. The van der Waals surface area contributed by atoms with Crippen LogP contribution in [0.25, 0.3) is 12.2 Å². The van der Waals surface area contributed by atoms with E-state index in [-0.39, 0.29) is 106 Å². The number of carbonyl (C=O) groups is 10. The van der Waals surface area contributed by atoms with Gasteiger partial charge in [-0.2, -0.15) is 0 Å². The molecule has 4 aromatic rings. The molecule has 7 rings (SSSR count). The lowest BCUT2D eigenvalue weighted by atomic mass is 10.1. The van der Waals surface area contributed by atoms with Crippen LogP contribution in [-0.4, -0.2) is 183 Å². The SMILES string of the molecule is CCOC(=O)CN(CC(C)=O)Cc1cc(Br)cnc1N.CCOC(=O)CN1CC(=O)Nc2ncc(/C=C/C(=O)O)cc2C1.CCOC(=O)CN1CC(=O)Nc2ncc(/C=C/C(C)=O)cc2C1.CCOC(=O)CN1CC(=O)Nc2ncc(Br)cc2C1. The van der Waals surface area contributed by atoms with Crippen LogP contribution in [0.1, 0.15) is 74.9 Å². The molecule has 0 atom stereocenters. The number of fused-ring (bicyclic) bond motifs is 3. The van der Waals surface area contributed by atoms with Gasteiger partial charge in [-0.25, -0.2) is 24.7 Å². The van der Waals surface area contributed by atoms with Crippen molar-refractivity contribution >= 4 is 126 Å². The van der Waals surface area contributed by atoms with Gasteiger partial charge in [0.25, 0.3) is 0 Å². The van der Waals surface area contributed by atoms with Gasteiger partial charge in [0.2, 0.25) is 17.7 Å². The van der Waals surface area contributed by atoms with Crippen molar-refractivity contribution in [3.8, 4) is 0 Å². The normalized spacial score (nSPS) is 14.0. The fraction of sp³-hybridized carbons (Fsp3) is 0.393. The number of ether oxygens (including phenoxy) is 4. The number of ketones is 2. The Hall–Kier alpha value is -8.22. The molecule has 0 aromatic carbocycles. The van der Waals surface area contributed by atoms with E-state index in [9.17, 15) is 47.9 Å². The number of pyridine rings is 4. The number of hydrogen-bond acceptors (Lipinski definition) is 23. The first kappa shape index (κ1) is 69.3. The van der Waals surface area contributed by atoms with Gasteiger partial charge >= 0.3 is 29.8 Å². The summed E-state index contributed by atoms with van der Waals surface area (Å²) in [5.41, 5.74) is 10.3. The van der Waals surface area contributed by atoms with E-state index in [0.29, 0.717) is 80.4 Å². The first-order valence-corrected chi connectivity index (χ1v) is 28.1. The zero-order valence-electron chi connectivity index (χ0n) is 47.8. The number of halogens is 2. The van der Waals surface area contributed by atoms with Crippen molar-refractivity contribution in [1.82, 2.24) is 39.5 Å². The molecule has 85 heavy (non-hydrogen) atoms. The number of carbonyl (C=O) groups excluding carboxylic acids is 9. The highest BCUT2D eigenvalue weighted by Gasteiger charge is 2.26. The summed E-state index contributed by atoms with van der Waals surface area (Å²) in [6.07, 6.45) is 11.8. The summed E-state index contributed by atoms with van der Waals surface area (Å²) in [6, 6.07) is 7.27. The molecule has 0 bridgehead atoms. The molecule has 0 fully saturated rings. The highest BCUT2D eigenvalue weighted by Crippen LogP contribution is 2.24. The number of allylic oxidation sites excluding steroid dienone is 1. The van der Waals surface area contributed by atoms with Crippen molar-refractivity contribution in [3.05, 3.63) is 104 Å². The van der Waals surface area contributed by atoms with Crippen LogP contribution in [0.2, 0.25) is 0 Å². The van der Waals surface area contributed by atoms with Crippen molar-refractivity contribution in [2.24, 2.45) is 0 Å². The third kappa shape index (κ3) is 26.1. The minimum absolute atomic E-state index is 0.00407. The summed E-state index contributed by atoms with van der Waals surface area (Å²) in [7, 11) is 0. The Kier molecular flexibility index (Phi) is 29.2. The summed E-state index contributed by atoms with van der Waals surface area (Å²) < 4.78 is 21.2.